The zero-order valence-corrected chi connectivity index (χ0v) is 16.3. The van der Waals surface area contributed by atoms with Gasteiger partial charge in [-0.25, -0.2) is 0 Å². The Bertz CT molecular complexity index is 729. The van der Waals surface area contributed by atoms with E-state index in [-0.39, 0.29) is 0 Å². The minimum absolute atomic E-state index is 0.541. The van der Waals surface area contributed by atoms with Gasteiger partial charge in [0, 0.05) is 24.5 Å². The molecule has 3 rings (SSSR count). The van der Waals surface area contributed by atoms with Gasteiger partial charge in [-0.05, 0) is 86.8 Å². The lowest BCUT2D eigenvalue weighted by molar-refractivity contribution is 0.578. The number of anilines is 3. The SMILES string of the molecule is Cc1cc(C)c(NC(=S)Nc2ccc(N3CCCCC3)cc2)c(Cl)c1. The van der Waals surface area contributed by atoms with Crippen LogP contribution in [0.3, 0.4) is 0 Å². The highest BCUT2D eigenvalue weighted by molar-refractivity contribution is 7.80. The van der Waals surface area contributed by atoms with Crippen LogP contribution in [0.2, 0.25) is 5.02 Å². The second kappa shape index (κ2) is 8.07. The maximum Gasteiger partial charge on any atom is 0.175 e. The smallest absolute Gasteiger partial charge is 0.175 e. The lowest BCUT2D eigenvalue weighted by Crippen LogP contribution is -2.29. The van der Waals surface area contributed by atoms with Crippen molar-refractivity contribution in [2.24, 2.45) is 0 Å². The highest BCUT2D eigenvalue weighted by Crippen LogP contribution is 2.28. The second-order valence-corrected chi connectivity index (χ2v) is 7.43. The fourth-order valence-corrected chi connectivity index (χ4v) is 3.85. The molecule has 0 aromatic heterocycles. The van der Waals surface area contributed by atoms with Crippen molar-refractivity contribution in [3.63, 3.8) is 0 Å². The summed E-state index contributed by atoms with van der Waals surface area (Å²) in [6.45, 7) is 6.36. The summed E-state index contributed by atoms with van der Waals surface area (Å²) in [7, 11) is 0. The number of nitrogens with zero attached hydrogens (tertiary/aromatic N) is 1. The van der Waals surface area contributed by atoms with E-state index in [1.165, 1.54) is 24.9 Å². The fraction of sp³-hybridized carbons (Fsp3) is 0.350. The zero-order chi connectivity index (χ0) is 17.8. The van der Waals surface area contributed by atoms with Gasteiger partial charge in [-0.15, -0.1) is 0 Å². The first-order chi connectivity index (χ1) is 12.0. The van der Waals surface area contributed by atoms with Crippen molar-refractivity contribution in [1.82, 2.24) is 0 Å². The molecule has 2 aromatic rings. The largest absolute Gasteiger partial charge is 0.372 e. The molecule has 0 saturated carbocycles. The summed E-state index contributed by atoms with van der Waals surface area (Å²) in [5.74, 6) is 0. The topological polar surface area (TPSA) is 27.3 Å². The number of nitrogens with one attached hydrogen (secondary N) is 2. The Balaban J connectivity index is 1.63. The monoisotopic (exact) mass is 373 g/mol. The zero-order valence-electron chi connectivity index (χ0n) is 14.7. The molecule has 5 heteroatoms. The minimum Gasteiger partial charge on any atom is -0.372 e. The number of halogens is 1. The van der Waals surface area contributed by atoms with Gasteiger partial charge in [0.25, 0.3) is 0 Å². The maximum absolute atomic E-state index is 6.33. The molecule has 0 aliphatic carbocycles. The Hall–Kier alpha value is -1.78. The minimum atomic E-state index is 0.541. The highest BCUT2D eigenvalue weighted by Gasteiger charge is 2.11. The molecule has 0 amide bonds. The molecule has 1 fully saturated rings. The van der Waals surface area contributed by atoms with Crippen LogP contribution in [0.15, 0.2) is 36.4 Å². The van der Waals surface area contributed by atoms with E-state index >= 15 is 0 Å². The third kappa shape index (κ3) is 4.65. The van der Waals surface area contributed by atoms with Gasteiger partial charge in [-0.2, -0.15) is 0 Å². The molecule has 0 unspecified atom stereocenters. The average Bonchev–Trinajstić information content (AvgIpc) is 2.59. The summed E-state index contributed by atoms with van der Waals surface area (Å²) in [5, 5.41) is 7.67. The molecule has 1 heterocycles. The quantitative estimate of drug-likeness (QED) is 0.669. The van der Waals surface area contributed by atoms with Crippen LogP contribution in [0.4, 0.5) is 17.1 Å². The standard InChI is InChI=1S/C20H24ClN3S/c1-14-12-15(2)19(18(21)13-14)23-20(25)22-16-6-8-17(9-7-16)24-10-4-3-5-11-24/h6-9,12-13H,3-5,10-11H2,1-2H3,(H2,22,23,25). The van der Waals surface area contributed by atoms with Crippen molar-refractivity contribution in [3.05, 3.63) is 52.5 Å². The third-order valence-electron chi connectivity index (χ3n) is 4.52. The summed E-state index contributed by atoms with van der Waals surface area (Å²) in [6, 6.07) is 12.5. The number of hydrogen-bond acceptors (Lipinski definition) is 2. The van der Waals surface area contributed by atoms with Gasteiger partial charge < -0.3 is 15.5 Å². The van der Waals surface area contributed by atoms with E-state index in [4.69, 9.17) is 23.8 Å². The van der Waals surface area contributed by atoms with Crippen LogP contribution in [-0.2, 0) is 0 Å². The van der Waals surface area contributed by atoms with Crippen molar-refractivity contribution in [1.29, 1.82) is 0 Å². The van der Waals surface area contributed by atoms with Crippen molar-refractivity contribution in [3.8, 4) is 0 Å². The Labute approximate surface area is 160 Å². The van der Waals surface area contributed by atoms with Crippen LogP contribution < -0.4 is 15.5 Å². The molecular weight excluding hydrogens is 350 g/mol. The molecule has 1 aliphatic heterocycles. The van der Waals surface area contributed by atoms with Crippen molar-refractivity contribution >= 4 is 46.0 Å². The van der Waals surface area contributed by atoms with Crippen LogP contribution in [0.25, 0.3) is 0 Å². The molecule has 132 valence electrons. The average molecular weight is 374 g/mol. The predicted octanol–water partition coefficient (Wildman–Crippen LogP) is 5.76. The van der Waals surface area contributed by atoms with Crippen LogP contribution >= 0.6 is 23.8 Å². The first-order valence-corrected chi connectivity index (χ1v) is 9.51. The Morgan fingerprint density at radius 3 is 2.32 bits per heavy atom. The number of thiocarbonyl (C=S) groups is 1. The first-order valence-electron chi connectivity index (χ1n) is 8.73. The third-order valence-corrected chi connectivity index (χ3v) is 5.02. The first kappa shape index (κ1) is 18.0. The lowest BCUT2D eigenvalue weighted by atomic mass is 10.1. The Kier molecular flexibility index (Phi) is 5.82. The van der Waals surface area contributed by atoms with E-state index in [0.29, 0.717) is 10.1 Å². The number of piperidine rings is 1. The Morgan fingerprint density at radius 2 is 1.68 bits per heavy atom. The van der Waals surface area contributed by atoms with E-state index in [0.717, 1.165) is 35.6 Å². The summed E-state index contributed by atoms with van der Waals surface area (Å²) in [6.07, 6.45) is 3.91. The maximum atomic E-state index is 6.33. The van der Waals surface area contributed by atoms with Crippen LogP contribution in [0, 0.1) is 13.8 Å². The van der Waals surface area contributed by atoms with Crippen molar-refractivity contribution in [2.45, 2.75) is 33.1 Å². The second-order valence-electron chi connectivity index (χ2n) is 6.61. The molecule has 2 aromatic carbocycles. The van der Waals surface area contributed by atoms with Crippen LogP contribution in [0.5, 0.6) is 0 Å². The van der Waals surface area contributed by atoms with Crippen molar-refractivity contribution in [2.75, 3.05) is 28.6 Å². The molecule has 0 atom stereocenters. The van der Waals surface area contributed by atoms with Gasteiger partial charge in [-0.3, -0.25) is 0 Å². The molecule has 2 N–H and O–H groups in total. The number of benzene rings is 2. The predicted molar refractivity (Wildman–Crippen MR) is 113 cm³/mol. The van der Waals surface area contributed by atoms with Crippen molar-refractivity contribution < 1.29 is 0 Å². The molecule has 3 nitrogen and oxygen atoms in total. The van der Waals surface area contributed by atoms with Gasteiger partial charge >= 0.3 is 0 Å². The summed E-state index contributed by atoms with van der Waals surface area (Å²) < 4.78 is 0. The lowest BCUT2D eigenvalue weighted by Gasteiger charge is -2.28. The van der Waals surface area contributed by atoms with Gasteiger partial charge in [0.05, 0.1) is 10.7 Å². The number of rotatable bonds is 3. The highest BCUT2D eigenvalue weighted by atomic mass is 35.5. The van der Waals surface area contributed by atoms with Gasteiger partial charge in [0.1, 0.15) is 0 Å². The van der Waals surface area contributed by atoms with E-state index in [1.54, 1.807) is 0 Å². The van der Waals surface area contributed by atoms with E-state index < -0.39 is 0 Å². The molecule has 0 bridgehead atoms. The van der Waals surface area contributed by atoms with Gasteiger partial charge in [-0.1, -0.05) is 17.7 Å². The number of hydrogen-bond donors (Lipinski definition) is 2. The molecule has 0 radical (unpaired) electrons. The van der Waals surface area contributed by atoms with E-state index in [1.807, 2.05) is 19.9 Å². The molecule has 1 aliphatic rings. The van der Waals surface area contributed by atoms with Gasteiger partial charge in [0.2, 0.25) is 0 Å². The number of aryl methyl sites for hydroxylation is 2. The van der Waals surface area contributed by atoms with Gasteiger partial charge in [0.15, 0.2) is 5.11 Å². The normalized spacial score (nSPS) is 14.3. The summed E-state index contributed by atoms with van der Waals surface area (Å²) in [5.41, 5.74) is 5.32. The summed E-state index contributed by atoms with van der Waals surface area (Å²) in [4.78, 5) is 2.44. The van der Waals surface area contributed by atoms with Crippen LogP contribution in [-0.4, -0.2) is 18.2 Å². The molecular formula is C20H24ClN3S. The Morgan fingerprint density at radius 1 is 1.00 bits per heavy atom. The fourth-order valence-electron chi connectivity index (χ4n) is 3.26. The van der Waals surface area contributed by atoms with Crippen LogP contribution in [0.1, 0.15) is 30.4 Å². The molecule has 0 spiro atoms. The summed E-state index contributed by atoms with van der Waals surface area (Å²) >= 11 is 11.8. The van der Waals surface area contributed by atoms with E-state index in [2.05, 4.69) is 45.9 Å². The molecule has 1 saturated heterocycles. The molecule has 25 heavy (non-hydrogen) atoms. The van der Waals surface area contributed by atoms with E-state index in [9.17, 15) is 0 Å².